The molecule has 0 spiro atoms. The van der Waals surface area contributed by atoms with Gasteiger partial charge in [0, 0.05) is 28.9 Å². The fraction of sp³-hybridized carbons (Fsp3) is 0.105. The lowest BCUT2D eigenvalue weighted by Gasteiger charge is -2.10. The molecule has 0 aliphatic rings. The lowest BCUT2D eigenvalue weighted by molar-refractivity contribution is 0.600. The first-order valence-electron chi connectivity index (χ1n) is 8.46. The Hall–Kier alpha value is -3.04. The Morgan fingerprint density at radius 2 is 1.82 bits per heavy atom. The molecule has 4 rings (SSSR count). The van der Waals surface area contributed by atoms with Crippen molar-refractivity contribution in [1.82, 2.24) is 19.7 Å². The average molecular weight is 412 g/mol. The topological polar surface area (TPSA) is 89.8 Å². The molecule has 1 N–H and O–H groups in total. The van der Waals surface area contributed by atoms with E-state index < -0.39 is 10.0 Å². The molecule has 1 aromatic carbocycles. The second-order valence-corrected chi connectivity index (χ2v) is 8.74. The number of benzene rings is 1. The smallest absolute Gasteiger partial charge is 0.263 e. The number of hydrogen-bond donors (Lipinski definition) is 1. The molecule has 0 bridgehead atoms. The van der Waals surface area contributed by atoms with E-state index in [2.05, 4.69) is 19.8 Å². The summed E-state index contributed by atoms with van der Waals surface area (Å²) in [6, 6.07) is 13.7. The number of nitrogens with zero attached hydrogens (tertiary/aromatic N) is 4. The van der Waals surface area contributed by atoms with E-state index in [0.717, 1.165) is 16.3 Å². The molecular formula is C19H17N5O2S2. The first kappa shape index (κ1) is 18.3. The maximum atomic E-state index is 12.9. The Bertz CT molecular complexity index is 1210. The van der Waals surface area contributed by atoms with E-state index in [1.165, 1.54) is 16.0 Å². The third-order valence-electron chi connectivity index (χ3n) is 3.97. The van der Waals surface area contributed by atoms with Gasteiger partial charge in [-0.3, -0.25) is 4.72 Å². The molecule has 3 heterocycles. The van der Waals surface area contributed by atoms with Crippen LogP contribution in [-0.2, 0) is 10.0 Å². The van der Waals surface area contributed by atoms with E-state index >= 15 is 0 Å². The van der Waals surface area contributed by atoms with Crippen LogP contribution < -0.4 is 4.72 Å². The number of pyridine rings is 1. The number of thiazole rings is 1. The van der Waals surface area contributed by atoms with E-state index in [1.807, 2.05) is 18.4 Å². The molecule has 0 amide bonds. The molecule has 0 atom stereocenters. The monoisotopic (exact) mass is 411 g/mol. The lowest BCUT2D eigenvalue weighted by atomic mass is 10.2. The van der Waals surface area contributed by atoms with Gasteiger partial charge in [0.15, 0.2) is 5.82 Å². The standard InChI is InChI=1S/C19H17N5O2S2/c1-13-11-18(24(22-13)17-5-3-4-10-20-17)23-28(25,26)16-8-6-15(7-9-16)19-21-14(2)12-27-19/h3-12,23H,1-2H3. The van der Waals surface area contributed by atoms with E-state index in [4.69, 9.17) is 0 Å². The Balaban J connectivity index is 1.63. The minimum atomic E-state index is -3.78. The van der Waals surface area contributed by atoms with Crippen LogP contribution in [0.1, 0.15) is 11.4 Å². The summed E-state index contributed by atoms with van der Waals surface area (Å²) >= 11 is 1.53. The molecule has 0 unspecified atom stereocenters. The molecular weight excluding hydrogens is 394 g/mol. The van der Waals surface area contributed by atoms with Crippen LogP contribution in [0.2, 0.25) is 0 Å². The van der Waals surface area contributed by atoms with Gasteiger partial charge < -0.3 is 0 Å². The fourth-order valence-corrected chi connectivity index (χ4v) is 4.52. The van der Waals surface area contributed by atoms with Crippen LogP contribution in [-0.4, -0.2) is 28.2 Å². The van der Waals surface area contributed by atoms with E-state index in [-0.39, 0.29) is 4.90 Å². The van der Waals surface area contributed by atoms with Gasteiger partial charge in [0.05, 0.1) is 10.6 Å². The molecule has 0 saturated heterocycles. The quantitative estimate of drug-likeness (QED) is 0.539. The lowest BCUT2D eigenvalue weighted by Crippen LogP contribution is -2.16. The summed E-state index contributed by atoms with van der Waals surface area (Å²) in [5.74, 6) is 0.860. The van der Waals surface area contributed by atoms with Gasteiger partial charge in [-0.15, -0.1) is 11.3 Å². The predicted octanol–water partition coefficient (Wildman–Crippen LogP) is 3.81. The van der Waals surface area contributed by atoms with Gasteiger partial charge in [-0.25, -0.2) is 18.4 Å². The molecule has 0 aliphatic heterocycles. The van der Waals surface area contributed by atoms with Crippen LogP contribution in [0.5, 0.6) is 0 Å². The number of hydrogen-bond acceptors (Lipinski definition) is 6. The second-order valence-electron chi connectivity index (χ2n) is 6.19. The van der Waals surface area contributed by atoms with Gasteiger partial charge in [0.25, 0.3) is 10.0 Å². The van der Waals surface area contributed by atoms with Crippen molar-refractivity contribution in [3.05, 3.63) is 71.5 Å². The zero-order valence-corrected chi connectivity index (χ0v) is 16.8. The number of nitrogens with one attached hydrogen (secondary N) is 1. The highest BCUT2D eigenvalue weighted by Gasteiger charge is 2.19. The Kier molecular flexibility index (Phi) is 4.70. The maximum absolute atomic E-state index is 12.9. The molecule has 28 heavy (non-hydrogen) atoms. The zero-order chi connectivity index (χ0) is 19.7. The van der Waals surface area contributed by atoms with Crippen LogP contribution in [0.3, 0.4) is 0 Å². The highest BCUT2D eigenvalue weighted by molar-refractivity contribution is 7.92. The molecule has 0 saturated carbocycles. The summed E-state index contributed by atoms with van der Waals surface area (Å²) in [5.41, 5.74) is 2.50. The molecule has 0 radical (unpaired) electrons. The summed E-state index contributed by atoms with van der Waals surface area (Å²) < 4.78 is 29.8. The third-order valence-corrected chi connectivity index (χ3v) is 6.35. The van der Waals surface area contributed by atoms with Gasteiger partial charge in [-0.2, -0.15) is 9.78 Å². The first-order valence-corrected chi connectivity index (χ1v) is 10.8. The first-order chi connectivity index (χ1) is 13.4. The Morgan fingerprint density at radius 3 is 2.46 bits per heavy atom. The fourth-order valence-electron chi connectivity index (χ4n) is 2.69. The number of anilines is 1. The van der Waals surface area contributed by atoms with Crippen LogP contribution in [0, 0.1) is 13.8 Å². The van der Waals surface area contributed by atoms with Gasteiger partial charge >= 0.3 is 0 Å². The van der Waals surface area contributed by atoms with Crippen LogP contribution in [0.4, 0.5) is 5.82 Å². The summed E-state index contributed by atoms with van der Waals surface area (Å²) in [5, 5.41) is 7.16. The SMILES string of the molecule is Cc1csc(-c2ccc(S(=O)(=O)Nc3cc(C)nn3-c3ccccn3)cc2)n1. The number of sulfonamides is 1. The molecule has 0 aliphatic carbocycles. The molecule has 0 fully saturated rings. The molecule has 9 heteroatoms. The summed E-state index contributed by atoms with van der Waals surface area (Å²) in [6.07, 6.45) is 1.63. The van der Waals surface area contributed by atoms with Gasteiger partial charge in [-0.05, 0) is 38.1 Å². The number of aromatic nitrogens is 4. The van der Waals surface area contributed by atoms with Crippen molar-refractivity contribution in [2.24, 2.45) is 0 Å². The van der Waals surface area contributed by atoms with Crippen molar-refractivity contribution in [3.8, 4) is 16.4 Å². The molecule has 4 aromatic rings. The molecule has 3 aromatic heterocycles. The van der Waals surface area contributed by atoms with Crippen molar-refractivity contribution in [2.75, 3.05) is 4.72 Å². The van der Waals surface area contributed by atoms with E-state index in [9.17, 15) is 8.42 Å². The third kappa shape index (κ3) is 3.67. The summed E-state index contributed by atoms with van der Waals surface area (Å²) in [4.78, 5) is 8.82. The Morgan fingerprint density at radius 1 is 1.04 bits per heavy atom. The van der Waals surface area contributed by atoms with Crippen molar-refractivity contribution < 1.29 is 8.42 Å². The van der Waals surface area contributed by atoms with Gasteiger partial charge in [-0.1, -0.05) is 18.2 Å². The van der Waals surface area contributed by atoms with Crippen molar-refractivity contribution in [2.45, 2.75) is 18.7 Å². The minimum absolute atomic E-state index is 0.163. The van der Waals surface area contributed by atoms with Crippen molar-refractivity contribution in [3.63, 3.8) is 0 Å². The predicted molar refractivity (Wildman–Crippen MR) is 109 cm³/mol. The summed E-state index contributed by atoms with van der Waals surface area (Å²) in [7, 11) is -3.78. The van der Waals surface area contributed by atoms with Gasteiger partial charge in [0.1, 0.15) is 10.8 Å². The average Bonchev–Trinajstić information content (AvgIpc) is 3.28. The van der Waals surface area contributed by atoms with Crippen LogP contribution in [0.15, 0.2) is 65.0 Å². The van der Waals surface area contributed by atoms with E-state index in [1.54, 1.807) is 55.6 Å². The van der Waals surface area contributed by atoms with Crippen molar-refractivity contribution >= 4 is 27.2 Å². The zero-order valence-electron chi connectivity index (χ0n) is 15.2. The van der Waals surface area contributed by atoms with Gasteiger partial charge in [0.2, 0.25) is 0 Å². The van der Waals surface area contributed by atoms with Crippen LogP contribution in [0.25, 0.3) is 16.4 Å². The highest BCUT2D eigenvalue weighted by Crippen LogP contribution is 2.26. The minimum Gasteiger partial charge on any atom is -0.263 e. The number of rotatable bonds is 5. The van der Waals surface area contributed by atoms with Crippen LogP contribution >= 0.6 is 11.3 Å². The second kappa shape index (κ2) is 7.17. The van der Waals surface area contributed by atoms with Crippen molar-refractivity contribution in [1.29, 1.82) is 0 Å². The number of aryl methyl sites for hydroxylation is 2. The molecule has 142 valence electrons. The Labute approximate surface area is 166 Å². The molecule has 7 nitrogen and oxygen atoms in total. The largest absolute Gasteiger partial charge is 0.263 e. The van der Waals surface area contributed by atoms with E-state index in [0.29, 0.717) is 17.3 Å². The summed E-state index contributed by atoms with van der Waals surface area (Å²) in [6.45, 7) is 3.72. The normalized spacial score (nSPS) is 11.5. The highest BCUT2D eigenvalue weighted by atomic mass is 32.2. The maximum Gasteiger partial charge on any atom is 0.263 e.